The van der Waals surface area contributed by atoms with Gasteiger partial charge in [0.25, 0.3) is 0 Å². The average Bonchev–Trinajstić information content (AvgIpc) is 2.73. The molecule has 30 heavy (non-hydrogen) atoms. The van der Waals surface area contributed by atoms with E-state index >= 15 is 0 Å². The fourth-order valence-corrected chi connectivity index (χ4v) is 4.79. The van der Waals surface area contributed by atoms with Gasteiger partial charge in [0.05, 0.1) is 9.71 Å². The van der Waals surface area contributed by atoms with Crippen LogP contribution in [0, 0.1) is 6.92 Å². The van der Waals surface area contributed by atoms with Crippen LogP contribution >= 0.6 is 0 Å². The van der Waals surface area contributed by atoms with E-state index in [1.807, 2.05) is 13.0 Å². The molecule has 0 radical (unpaired) electrons. The third-order valence-electron chi connectivity index (χ3n) is 5.78. The summed E-state index contributed by atoms with van der Waals surface area (Å²) < 4.78 is 12.0. The molecule has 3 rings (SSSR count). The number of ketones is 1. The monoisotopic (exact) mass is 428 g/mol. The van der Waals surface area contributed by atoms with Gasteiger partial charge in [0, 0.05) is 30.0 Å². The molecule has 6 nitrogen and oxygen atoms in total. The zero-order chi connectivity index (χ0) is 21.7. The lowest BCUT2D eigenvalue weighted by molar-refractivity contribution is 0.0988. The fraction of sp³-hybridized carbons (Fsp3) is 0.478. The molecular weight excluding hydrogens is 396 g/mol. The number of aryl methyl sites for hydroxylation is 1. The van der Waals surface area contributed by atoms with Gasteiger partial charge >= 0.3 is 0 Å². The molecule has 1 aromatic heterocycles. The number of Topliss-reactive ketones (excluding diaryl/α,β-unsaturated/α-hetero) is 1. The highest BCUT2D eigenvalue weighted by Gasteiger charge is 2.23. The van der Waals surface area contributed by atoms with Gasteiger partial charge in [-0.3, -0.25) is 9.93 Å². The minimum Gasteiger partial charge on any atom is -0.354 e. The summed E-state index contributed by atoms with van der Waals surface area (Å²) in [4.78, 5) is 24.5. The van der Waals surface area contributed by atoms with Gasteiger partial charge in [-0.25, -0.2) is 14.2 Å². The van der Waals surface area contributed by atoms with Crippen LogP contribution in [0.5, 0.6) is 0 Å². The van der Waals surface area contributed by atoms with Crippen molar-refractivity contribution in [3.63, 3.8) is 0 Å². The summed E-state index contributed by atoms with van der Waals surface area (Å²) in [7, 11) is -2.77. The lowest BCUT2D eigenvalue weighted by Gasteiger charge is -2.35. The number of nitrogens with two attached hydrogens (primary N) is 1. The Morgan fingerprint density at radius 1 is 1.23 bits per heavy atom. The number of carbonyl (C=O) groups excluding carboxylic acids is 1. The van der Waals surface area contributed by atoms with Crippen molar-refractivity contribution in [1.82, 2.24) is 9.97 Å². The molecular formula is C23H32N4O2S. The Morgan fingerprint density at radius 2 is 1.97 bits per heavy atom. The number of rotatable bonds is 8. The van der Waals surface area contributed by atoms with Gasteiger partial charge in [-0.1, -0.05) is 32.3 Å². The van der Waals surface area contributed by atoms with Gasteiger partial charge in [0.15, 0.2) is 5.78 Å². The molecule has 1 unspecified atom stereocenters. The quantitative estimate of drug-likeness (QED) is 0.511. The van der Waals surface area contributed by atoms with E-state index in [2.05, 4.69) is 27.7 Å². The predicted octanol–water partition coefficient (Wildman–Crippen LogP) is 3.71. The van der Waals surface area contributed by atoms with Crippen LogP contribution in [0.4, 0.5) is 5.82 Å². The number of anilines is 1. The van der Waals surface area contributed by atoms with Crippen molar-refractivity contribution in [3.8, 4) is 0 Å². The molecule has 1 aliphatic carbocycles. The Balaban J connectivity index is 1.80. The third kappa shape index (κ3) is 5.46. The van der Waals surface area contributed by atoms with E-state index in [1.54, 1.807) is 18.2 Å². The zero-order valence-electron chi connectivity index (χ0n) is 18.0. The minimum atomic E-state index is -2.77. The van der Waals surface area contributed by atoms with Crippen LogP contribution in [0.2, 0.25) is 0 Å². The van der Waals surface area contributed by atoms with Crippen LogP contribution in [0.3, 0.4) is 0 Å². The molecule has 1 atom stereocenters. The van der Waals surface area contributed by atoms with Crippen molar-refractivity contribution in [3.05, 3.63) is 47.4 Å². The molecule has 1 aliphatic rings. The van der Waals surface area contributed by atoms with Crippen molar-refractivity contribution in [2.75, 3.05) is 11.4 Å². The van der Waals surface area contributed by atoms with Gasteiger partial charge in [0.1, 0.15) is 17.8 Å². The second kappa shape index (κ2) is 9.71. The maximum absolute atomic E-state index is 13.0. The number of hydrogen-bond acceptors (Lipinski definition) is 5. The van der Waals surface area contributed by atoms with Gasteiger partial charge in [-0.15, -0.1) is 0 Å². The van der Waals surface area contributed by atoms with Crippen LogP contribution < -0.4 is 10.0 Å². The molecule has 1 heterocycles. The SMILES string of the molecule is C=S(N)(=O)c1ccc(CC(=O)c2cc(N(CCC)C3CCCCC3)ncn2)c(C)c1. The summed E-state index contributed by atoms with van der Waals surface area (Å²) >= 11 is 0. The largest absolute Gasteiger partial charge is 0.354 e. The molecule has 0 spiro atoms. The Kier molecular flexibility index (Phi) is 7.26. The Hall–Kier alpha value is -2.25. The maximum atomic E-state index is 13.0. The maximum Gasteiger partial charge on any atom is 0.185 e. The van der Waals surface area contributed by atoms with E-state index < -0.39 is 9.71 Å². The Bertz CT molecular complexity index is 998. The van der Waals surface area contributed by atoms with Crippen molar-refractivity contribution >= 4 is 27.2 Å². The van der Waals surface area contributed by atoms with Gasteiger partial charge < -0.3 is 4.90 Å². The highest BCUT2D eigenvalue weighted by molar-refractivity contribution is 7.98. The second-order valence-electron chi connectivity index (χ2n) is 8.16. The molecule has 0 saturated heterocycles. The molecule has 2 aromatic rings. The summed E-state index contributed by atoms with van der Waals surface area (Å²) in [5, 5.41) is 5.63. The molecule has 0 aliphatic heterocycles. The highest BCUT2D eigenvalue weighted by Crippen LogP contribution is 2.27. The van der Waals surface area contributed by atoms with Crippen molar-refractivity contribution in [2.24, 2.45) is 5.14 Å². The molecule has 7 heteroatoms. The summed E-state index contributed by atoms with van der Waals surface area (Å²) in [6.45, 7) is 4.98. The van der Waals surface area contributed by atoms with Crippen LogP contribution in [0.15, 0.2) is 35.5 Å². The average molecular weight is 429 g/mol. The van der Waals surface area contributed by atoms with Crippen LogP contribution in [-0.2, 0) is 16.1 Å². The highest BCUT2D eigenvalue weighted by atomic mass is 32.2. The smallest absolute Gasteiger partial charge is 0.185 e. The van der Waals surface area contributed by atoms with Gasteiger partial charge in [-0.05, 0) is 55.3 Å². The van der Waals surface area contributed by atoms with Gasteiger partial charge in [-0.2, -0.15) is 0 Å². The van der Waals surface area contributed by atoms with E-state index in [9.17, 15) is 9.00 Å². The Morgan fingerprint density at radius 3 is 2.60 bits per heavy atom. The van der Waals surface area contributed by atoms with E-state index in [-0.39, 0.29) is 12.2 Å². The zero-order valence-corrected chi connectivity index (χ0v) is 18.8. The lowest BCUT2D eigenvalue weighted by Crippen LogP contribution is -2.38. The molecule has 0 amide bonds. The first-order valence-electron chi connectivity index (χ1n) is 10.7. The normalized spacial score (nSPS) is 16.8. The van der Waals surface area contributed by atoms with E-state index in [4.69, 9.17) is 5.14 Å². The minimum absolute atomic E-state index is 0.0577. The number of carbonyl (C=O) groups is 1. The van der Waals surface area contributed by atoms with E-state index in [1.165, 1.54) is 38.4 Å². The standard InChI is InChI=1S/C23H32N4O2S/c1-4-12-27(19-8-6-5-7-9-19)23-15-21(25-16-26-23)22(28)14-18-10-11-20(13-17(18)2)30(3,24)29/h10-11,13,15-16,19H,3-9,12,14H2,1-2H3,(H2,24,29). The molecule has 1 saturated carbocycles. The lowest BCUT2D eigenvalue weighted by atomic mass is 9.94. The summed E-state index contributed by atoms with van der Waals surface area (Å²) in [5.74, 6) is 4.30. The first-order valence-corrected chi connectivity index (χ1v) is 12.4. The van der Waals surface area contributed by atoms with Crippen LogP contribution in [0.1, 0.15) is 67.1 Å². The van der Waals surface area contributed by atoms with Gasteiger partial charge in [0.2, 0.25) is 0 Å². The van der Waals surface area contributed by atoms with Crippen molar-refractivity contribution in [2.45, 2.75) is 69.7 Å². The number of benzene rings is 1. The predicted molar refractivity (Wildman–Crippen MR) is 123 cm³/mol. The first kappa shape index (κ1) is 22.4. The third-order valence-corrected chi connectivity index (χ3v) is 6.83. The molecule has 1 fully saturated rings. The number of aromatic nitrogens is 2. The van der Waals surface area contributed by atoms with Crippen LogP contribution in [0.25, 0.3) is 0 Å². The summed E-state index contributed by atoms with van der Waals surface area (Å²) in [6.07, 6.45) is 8.91. The number of hydrogen-bond donors (Lipinski definition) is 1. The molecule has 162 valence electrons. The van der Waals surface area contributed by atoms with Crippen LogP contribution in [-0.4, -0.2) is 38.4 Å². The van der Waals surface area contributed by atoms with E-state index in [0.717, 1.165) is 29.9 Å². The summed E-state index contributed by atoms with van der Waals surface area (Å²) in [6, 6.07) is 7.55. The van der Waals surface area contributed by atoms with Crippen molar-refractivity contribution < 1.29 is 9.00 Å². The second-order valence-corrected chi connectivity index (χ2v) is 10.1. The fourth-order valence-electron chi connectivity index (χ4n) is 4.12. The first-order chi connectivity index (χ1) is 14.3. The molecule has 2 N–H and O–H groups in total. The molecule has 0 bridgehead atoms. The van der Waals surface area contributed by atoms with E-state index in [0.29, 0.717) is 16.6 Å². The van der Waals surface area contributed by atoms with Crippen molar-refractivity contribution in [1.29, 1.82) is 0 Å². The number of nitrogens with zero attached hydrogens (tertiary/aromatic N) is 3. The summed E-state index contributed by atoms with van der Waals surface area (Å²) in [5.41, 5.74) is 2.16. The molecule has 1 aromatic carbocycles. The Labute approximate surface area is 180 Å². The topological polar surface area (TPSA) is 89.2 Å².